The Morgan fingerprint density at radius 1 is 1.00 bits per heavy atom. The Balaban J connectivity index is 1.82. The van der Waals surface area contributed by atoms with Gasteiger partial charge in [-0.3, -0.25) is 9.59 Å². The van der Waals surface area contributed by atoms with Crippen LogP contribution in [0.3, 0.4) is 0 Å². The molecule has 1 fully saturated rings. The van der Waals surface area contributed by atoms with Gasteiger partial charge in [-0.15, -0.1) is 11.8 Å². The van der Waals surface area contributed by atoms with Gasteiger partial charge in [0.25, 0.3) is 0 Å². The molecule has 0 bridgehead atoms. The molecule has 0 atom stereocenters. The molecule has 1 saturated heterocycles. The fourth-order valence-corrected chi connectivity index (χ4v) is 3.66. The standard InChI is InChI=1S/C19H28N2O2S/c1-4-5-18(22)20-10-12-21(13-11-20)19(23)14-16-6-8-17(9-7-16)24-15(2)3/h6-9,15H,4-5,10-14H2,1-3H3. The number of carbonyl (C=O) groups is 2. The van der Waals surface area contributed by atoms with Crippen molar-refractivity contribution in [2.24, 2.45) is 0 Å². The van der Waals surface area contributed by atoms with Crippen molar-refractivity contribution in [3.05, 3.63) is 29.8 Å². The third kappa shape index (κ3) is 5.55. The highest BCUT2D eigenvalue weighted by atomic mass is 32.2. The van der Waals surface area contributed by atoms with E-state index >= 15 is 0 Å². The summed E-state index contributed by atoms with van der Waals surface area (Å²) in [4.78, 5) is 29.3. The maximum atomic E-state index is 12.4. The quantitative estimate of drug-likeness (QED) is 0.741. The van der Waals surface area contributed by atoms with Crippen LogP contribution >= 0.6 is 11.8 Å². The maximum Gasteiger partial charge on any atom is 0.227 e. The lowest BCUT2D eigenvalue weighted by Crippen LogP contribution is -2.50. The van der Waals surface area contributed by atoms with Gasteiger partial charge in [0, 0.05) is 42.7 Å². The number of amides is 2. The number of nitrogens with zero attached hydrogens (tertiary/aromatic N) is 2. The van der Waals surface area contributed by atoms with Crippen LogP contribution in [-0.4, -0.2) is 53.0 Å². The number of hydrogen-bond donors (Lipinski definition) is 0. The molecule has 0 unspecified atom stereocenters. The molecule has 1 aliphatic rings. The summed E-state index contributed by atoms with van der Waals surface area (Å²) < 4.78 is 0. The van der Waals surface area contributed by atoms with Crippen LogP contribution in [0.4, 0.5) is 0 Å². The van der Waals surface area contributed by atoms with Crippen LogP contribution in [0.5, 0.6) is 0 Å². The van der Waals surface area contributed by atoms with Crippen molar-refractivity contribution < 1.29 is 9.59 Å². The SMILES string of the molecule is CCCC(=O)N1CCN(C(=O)Cc2ccc(SC(C)C)cc2)CC1. The highest BCUT2D eigenvalue weighted by Gasteiger charge is 2.23. The molecule has 0 aromatic heterocycles. The Morgan fingerprint density at radius 2 is 1.54 bits per heavy atom. The lowest BCUT2D eigenvalue weighted by atomic mass is 10.1. The van der Waals surface area contributed by atoms with Gasteiger partial charge in [0.15, 0.2) is 0 Å². The van der Waals surface area contributed by atoms with E-state index in [-0.39, 0.29) is 11.8 Å². The highest BCUT2D eigenvalue weighted by molar-refractivity contribution is 7.99. The lowest BCUT2D eigenvalue weighted by Gasteiger charge is -2.35. The second-order valence-corrected chi connectivity index (χ2v) is 8.15. The topological polar surface area (TPSA) is 40.6 Å². The number of hydrogen-bond acceptors (Lipinski definition) is 3. The zero-order valence-corrected chi connectivity index (χ0v) is 15.8. The van der Waals surface area contributed by atoms with Crippen LogP contribution in [-0.2, 0) is 16.0 Å². The third-order valence-electron chi connectivity index (χ3n) is 4.10. The Labute approximate surface area is 149 Å². The highest BCUT2D eigenvalue weighted by Crippen LogP contribution is 2.23. The van der Waals surface area contributed by atoms with Crippen molar-refractivity contribution in [2.45, 2.75) is 50.2 Å². The minimum absolute atomic E-state index is 0.154. The summed E-state index contributed by atoms with van der Waals surface area (Å²) >= 11 is 1.83. The van der Waals surface area contributed by atoms with Gasteiger partial charge < -0.3 is 9.80 Å². The molecule has 5 heteroatoms. The number of rotatable bonds is 6. The smallest absolute Gasteiger partial charge is 0.227 e. The molecular formula is C19H28N2O2S. The molecule has 1 heterocycles. The first-order valence-electron chi connectivity index (χ1n) is 8.80. The fourth-order valence-electron chi connectivity index (χ4n) is 2.82. The number of piperazine rings is 1. The Morgan fingerprint density at radius 3 is 2.04 bits per heavy atom. The summed E-state index contributed by atoms with van der Waals surface area (Å²) in [6, 6.07) is 8.27. The van der Waals surface area contributed by atoms with Crippen molar-refractivity contribution >= 4 is 23.6 Å². The third-order valence-corrected chi connectivity index (χ3v) is 5.12. The van der Waals surface area contributed by atoms with Gasteiger partial charge in [-0.1, -0.05) is 32.9 Å². The van der Waals surface area contributed by atoms with Crippen molar-refractivity contribution in [1.29, 1.82) is 0 Å². The Hall–Kier alpha value is -1.49. The average Bonchev–Trinajstić information content (AvgIpc) is 2.56. The molecule has 132 valence electrons. The van der Waals surface area contributed by atoms with E-state index in [1.165, 1.54) is 4.90 Å². The van der Waals surface area contributed by atoms with E-state index in [0.29, 0.717) is 44.3 Å². The monoisotopic (exact) mass is 348 g/mol. The van der Waals surface area contributed by atoms with Crippen LogP contribution in [0.25, 0.3) is 0 Å². The minimum atomic E-state index is 0.154. The second kappa shape index (κ2) is 9.11. The van der Waals surface area contributed by atoms with Crippen LogP contribution in [0.1, 0.15) is 39.2 Å². The molecule has 1 aromatic carbocycles. The molecule has 24 heavy (non-hydrogen) atoms. The van der Waals surface area contributed by atoms with Crippen molar-refractivity contribution in [3.63, 3.8) is 0 Å². The molecule has 4 nitrogen and oxygen atoms in total. The molecule has 2 amide bonds. The summed E-state index contributed by atoms with van der Waals surface area (Å²) in [5, 5.41) is 0.559. The molecule has 1 aliphatic heterocycles. The lowest BCUT2D eigenvalue weighted by molar-refractivity contribution is -0.139. The van der Waals surface area contributed by atoms with Crippen LogP contribution < -0.4 is 0 Å². The number of thioether (sulfide) groups is 1. The van der Waals surface area contributed by atoms with Crippen LogP contribution in [0.15, 0.2) is 29.2 Å². The molecule has 0 radical (unpaired) electrons. The summed E-state index contributed by atoms with van der Waals surface area (Å²) in [7, 11) is 0. The van der Waals surface area contributed by atoms with Gasteiger partial charge in [-0.05, 0) is 24.1 Å². The van der Waals surface area contributed by atoms with E-state index in [4.69, 9.17) is 0 Å². The van der Waals surface area contributed by atoms with E-state index in [1.807, 2.05) is 40.6 Å². The average molecular weight is 349 g/mol. The van der Waals surface area contributed by atoms with Crippen molar-refractivity contribution in [2.75, 3.05) is 26.2 Å². The van der Waals surface area contributed by atoms with Crippen molar-refractivity contribution in [1.82, 2.24) is 9.80 Å². The summed E-state index contributed by atoms with van der Waals surface area (Å²) in [6.45, 7) is 8.98. The molecule has 0 spiro atoms. The van der Waals surface area contributed by atoms with E-state index in [9.17, 15) is 9.59 Å². The van der Waals surface area contributed by atoms with E-state index in [1.54, 1.807) is 0 Å². The fraction of sp³-hybridized carbons (Fsp3) is 0.579. The zero-order valence-electron chi connectivity index (χ0n) is 15.0. The Bertz CT molecular complexity index is 549. The summed E-state index contributed by atoms with van der Waals surface area (Å²) in [5.74, 6) is 0.365. The van der Waals surface area contributed by atoms with E-state index in [0.717, 1.165) is 12.0 Å². The number of carbonyl (C=O) groups excluding carboxylic acids is 2. The van der Waals surface area contributed by atoms with Gasteiger partial charge in [-0.2, -0.15) is 0 Å². The van der Waals surface area contributed by atoms with Gasteiger partial charge in [0.05, 0.1) is 6.42 Å². The predicted octanol–water partition coefficient (Wildman–Crippen LogP) is 3.20. The molecule has 1 aromatic rings. The van der Waals surface area contributed by atoms with Crippen LogP contribution in [0.2, 0.25) is 0 Å². The first-order valence-corrected chi connectivity index (χ1v) is 9.68. The van der Waals surface area contributed by atoms with Crippen LogP contribution in [0, 0.1) is 0 Å². The molecule has 0 aliphatic carbocycles. The first kappa shape index (κ1) is 18.8. The predicted molar refractivity (Wildman–Crippen MR) is 99.2 cm³/mol. The normalized spacial score (nSPS) is 15.0. The first-order chi connectivity index (χ1) is 11.5. The second-order valence-electron chi connectivity index (χ2n) is 6.50. The summed E-state index contributed by atoms with van der Waals surface area (Å²) in [5.41, 5.74) is 1.05. The molecule has 2 rings (SSSR count). The van der Waals surface area contributed by atoms with Gasteiger partial charge in [0.1, 0.15) is 0 Å². The minimum Gasteiger partial charge on any atom is -0.339 e. The van der Waals surface area contributed by atoms with Gasteiger partial charge in [-0.25, -0.2) is 0 Å². The molecule has 0 saturated carbocycles. The van der Waals surface area contributed by atoms with Gasteiger partial charge in [0.2, 0.25) is 11.8 Å². The van der Waals surface area contributed by atoms with E-state index < -0.39 is 0 Å². The van der Waals surface area contributed by atoms with E-state index in [2.05, 4.69) is 26.0 Å². The zero-order chi connectivity index (χ0) is 17.5. The Kier molecular flexibility index (Phi) is 7.16. The van der Waals surface area contributed by atoms with Gasteiger partial charge >= 0.3 is 0 Å². The summed E-state index contributed by atoms with van der Waals surface area (Å²) in [6.07, 6.45) is 1.92. The molecule has 0 N–H and O–H groups in total. The van der Waals surface area contributed by atoms with Crippen molar-refractivity contribution in [3.8, 4) is 0 Å². The molecular weight excluding hydrogens is 320 g/mol. The number of benzene rings is 1. The maximum absolute atomic E-state index is 12.4. The largest absolute Gasteiger partial charge is 0.339 e.